The van der Waals surface area contributed by atoms with Crippen molar-refractivity contribution in [2.45, 2.75) is 0 Å². The lowest BCUT2D eigenvalue weighted by molar-refractivity contribution is 0.270. The smallest absolute Gasteiger partial charge is 0.280 e. The van der Waals surface area contributed by atoms with E-state index >= 15 is 0 Å². The number of anilines is 1. The summed E-state index contributed by atoms with van der Waals surface area (Å²) in [5.41, 5.74) is 0.380. The van der Waals surface area contributed by atoms with E-state index in [1.807, 2.05) is 0 Å². The minimum atomic E-state index is -0.528. The summed E-state index contributed by atoms with van der Waals surface area (Å²) in [6.45, 7) is 0. The van der Waals surface area contributed by atoms with Crippen LogP contribution in [0.15, 0.2) is 18.2 Å². The SMILES string of the molecule is O=C(S)Nc1ccc(O)c(O)c1. The molecule has 0 saturated heterocycles. The molecule has 1 amide bonds. The molecule has 0 bridgehead atoms. The molecule has 0 atom stereocenters. The highest BCUT2D eigenvalue weighted by molar-refractivity contribution is 7.96. The number of phenolic OH excluding ortho intramolecular Hbond substituents is 2. The number of thiol groups is 1. The van der Waals surface area contributed by atoms with Crippen LogP contribution < -0.4 is 5.32 Å². The van der Waals surface area contributed by atoms with Gasteiger partial charge in [0.15, 0.2) is 11.5 Å². The number of rotatable bonds is 1. The molecule has 0 spiro atoms. The monoisotopic (exact) mass is 185 g/mol. The van der Waals surface area contributed by atoms with E-state index in [4.69, 9.17) is 10.2 Å². The summed E-state index contributed by atoms with van der Waals surface area (Å²) < 4.78 is 0. The molecule has 0 fully saturated rings. The van der Waals surface area contributed by atoms with Crippen LogP contribution >= 0.6 is 12.6 Å². The third kappa shape index (κ3) is 2.06. The van der Waals surface area contributed by atoms with Gasteiger partial charge in [-0.25, -0.2) is 0 Å². The average Bonchev–Trinajstić information content (AvgIpc) is 1.96. The molecule has 12 heavy (non-hydrogen) atoms. The van der Waals surface area contributed by atoms with E-state index in [0.29, 0.717) is 5.69 Å². The Morgan fingerprint density at radius 1 is 1.33 bits per heavy atom. The number of phenols is 2. The zero-order chi connectivity index (χ0) is 9.14. The van der Waals surface area contributed by atoms with E-state index in [-0.39, 0.29) is 11.5 Å². The normalized spacial score (nSPS) is 9.42. The second-order valence-corrected chi connectivity index (χ2v) is 2.54. The summed E-state index contributed by atoms with van der Waals surface area (Å²) in [5.74, 6) is -0.512. The predicted octanol–water partition coefficient (Wildman–Crippen LogP) is 1.56. The largest absolute Gasteiger partial charge is 0.504 e. The minimum Gasteiger partial charge on any atom is -0.504 e. The van der Waals surface area contributed by atoms with Crippen molar-refractivity contribution in [2.75, 3.05) is 5.32 Å². The molecule has 0 heterocycles. The molecule has 1 rings (SSSR count). The highest BCUT2D eigenvalue weighted by atomic mass is 32.1. The molecule has 64 valence electrons. The molecule has 0 aromatic heterocycles. The number of benzene rings is 1. The fourth-order valence-electron chi connectivity index (χ4n) is 0.725. The molecular weight excluding hydrogens is 178 g/mol. The first-order valence-corrected chi connectivity index (χ1v) is 3.56. The Morgan fingerprint density at radius 2 is 2.00 bits per heavy atom. The zero-order valence-electron chi connectivity index (χ0n) is 5.98. The lowest BCUT2D eigenvalue weighted by atomic mass is 10.3. The van der Waals surface area contributed by atoms with Crippen LogP contribution in [0.1, 0.15) is 0 Å². The van der Waals surface area contributed by atoms with Gasteiger partial charge in [-0.2, -0.15) is 0 Å². The van der Waals surface area contributed by atoms with E-state index in [0.717, 1.165) is 0 Å². The van der Waals surface area contributed by atoms with Gasteiger partial charge < -0.3 is 15.5 Å². The van der Waals surface area contributed by atoms with Crippen LogP contribution in [-0.4, -0.2) is 15.5 Å². The lowest BCUT2D eigenvalue weighted by Crippen LogP contribution is -2.00. The van der Waals surface area contributed by atoms with Crippen molar-refractivity contribution in [3.63, 3.8) is 0 Å². The Bertz CT molecular complexity index is 314. The average molecular weight is 185 g/mol. The van der Waals surface area contributed by atoms with E-state index in [1.165, 1.54) is 18.2 Å². The van der Waals surface area contributed by atoms with Gasteiger partial charge in [0.1, 0.15) is 0 Å². The van der Waals surface area contributed by atoms with E-state index in [2.05, 4.69) is 17.9 Å². The molecule has 0 aliphatic heterocycles. The molecule has 0 aliphatic carbocycles. The van der Waals surface area contributed by atoms with Crippen LogP contribution in [0.25, 0.3) is 0 Å². The quantitative estimate of drug-likeness (QED) is 0.305. The van der Waals surface area contributed by atoms with E-state index in [9.17, 15) is 4.79 Å². The van der Waals surface area contributed by atoms with E-state index < -0.39 is 5.24 Å². The number of carbonyl (C=O) groups excluding carboxylic acids is 1. The van der Waals surface area contributed by atoms with Crippen molar-refractivity contribution in [3.8, 4) is 11.5 Å². The fourth-order valence-corrected chi connectivity index (χ4v) is 0.854. The third-order valence-electron chi connectivity index (χ3n) is 1.23. The van der Waals surface area contributed by atoms with Crippen LogP contribution in [0, 0.1) is 0 Å². The molecule has 0 radical (unpaired) electrons. The lowest BCUT2D eigenvalue weighted by Gasteiger charge is -2.02. The van der Waals surface area contributed by atoms with Crippen molar-refractivity contribution in [1.29, 1.82) is 0 Å². The molecule has 1 aromatic rings. The summed E-state index contributed by atoms with van der Waals surface area (Å²) >= 11 is 3.48. The van der Waals surface area contributed by atoms with Gasteiger partial charge in [-0.3, -0.25) is 4.79 Å². The maximum absolute atomic E-state index is 10.4. The van der Waals surface area contributed by atoms with Gasteiger partial charge in [0, 0.05) is 11.8 Å². The van der Waals surface area contributed by atoms with Crippen LogP contribution in [0.4, 0.5) is 10.5 Å². The summed E-state index contributed by atoms with van der Waals surface area (Å²) in [5, 5.41) is 19.7. The van der Waals surface area contributed by atoms with Gasteiger partial charge in [-0.1, -0.05) is 12.6 Å². The fraction of sp³-hybridized carbons (Fsp3) is 0. The van der Waals surface area contributed by atoms with Crippen molar-refractivity contribution < 1.29 is 15.0 Å². The van der Waals surface area contributed by atoms with Crippen LogP contribution in [-0.2, 0) is 0 Å². The van der Waals surface area contributed by atoms with E-state index in [1.54, 1.807) is 0 Å². The first-order chi connectivity index (χ1) is 5.59. The predicted molar refractivity (Wildman–Crippen MR) is 47.8 cm³/mol. The second-order valence-electron chi connectivity index (χ2n) is 2.13. The number of hydrogen-bond acceptors (Lipinski definition) is 3. The first kappa shape index (κ1) is 8.73. The molecule has 3 N–H and O–H groups in total. The Morgan fingerprint density at radius 3 is 2.50 bits per heavy atom. The van der Waals surface area contributed by atoms with Crippen LogP contribution in [0.3, 0.4) is 0 Å². The van der Waals surface area contributed by atoms with Crippen molar-refractivity contribution in [3.05, 3.63) is 18.2 Å². The van der Waals surface area contributed by atoms with Gasteiger partial charge in [-0.05, 0) is 12.1 Å². The Balaban J connectivity index is 2.89. The topological polar surface area (TPSA) is 69.6 Å². The van der Waals surface area contributed by atoms with Crippen LogP contribution in [0.2, 0.25) is 0 Å². The number of amides is 1. The van der Waals surface area contributed by atoms with Crippen molar-refractivity contribution in [2.24, 2.45) is 0 Å². The van der Waals surface area contributed by atoms with Gasteiger partial charge >= 0.3 is 0 Å². The minimum absolute atomic E-state index is 0.229. The maximum Gasteiger partial charge on any atom is 0.280 e. The van der Waals surface area contributed by atoms with Crippen LogP contribution in [0.5, 0.6) is 11.5 Å². The highest BCUT2D eigenvalue weighted by Crippen LogP contribution is 2.27. The number of nitrogens with one attached hydrogen (secondary N) is 1. The molecule has 5 heteroatoms. The zero-order valence-corrected chi connectivity index (χ0v) is 6.88. The molecule has 0 aliphatic rings. The molecule has 0 saturated carbocycles. The molecule has 0 unspecified atom stereocenters. The second kappa shape index (κ2) is 3.36. The maximum atomic E-state index is 10.4. The van der Waals surface area contributed by atoms with Gasteiger partial charge in [0.2, 0.25) is 0 Å². The van der Waals surface area contributed by atoms with Crippen molar-refractivity contribution in [1.82, 2.24) is 0 Å². The molecule has 1 aromatic carbocycles. The molecular formula is C7H7NO3S. The Labute approximate surface area is 74.3 Å². The third-order valence-corrected chi connectivity index (χ3v) is 1.34. The van der Waals surface area contributed by atoms with Gasteiger partial charge in [-0.15, -0.1) is 0 Å². The van der Waals surface area contributed by atoms with Gasteiger partial charge in [0.25, 0.3) is 5.24 Å². The van der Waals surface area contributed by atoms with Crippen molar-refractivity contribution >= 4 is 23.6 Å². The summed E-state index contributed by atoms with van der Waals surface area (Å²) in [4.78, 5) is 10.4. The standard InChI is InChI=1S/C7H7NO3S/c9-5-2-1-4(3-6(5)10)8-7(11)12/h1-3,9-10H,(H2,8,11,12). The Hall–Kier alpha value is -1.36. The Kier molecular flexibility index (Phi) is 2.44. The summed E-state index contributed by atoms with van der Waals surface area (Å²) in [6.07, 6.45) is 0. The summed E-state index contributed by atoms with van der Waals surface area (Å²) in [7, 11) is 0. The summed E-state index contributed by atoms with van der Waals surface area (Å²) in [6, 6.07) is 3.95. The van der Waals surface area contributed by atoms with Gasteiger partial charge in [0.05, 0.1) is 0 Å². The first-order valence-electron chi connectivity index (χ1n) is 3.11. The number of carbonyl (C=O) groups is 1. The molecule has 4 nitrogen and oxygen atoms in total. The highest BCUT2D eigenvalue weighted by Gasteiger charge is 2.01. The number of aromatic hydroxyl groups is 2. The number of hydrogen-bond donors (Lipinski definition) is 4.